The van der Waals surface area contributed by atoms with Gasteiger partial charge in [0.15, 0.2) is 6.10 Å². The van der Waals surface area contributed by atoms with Gasteiger partial charge in [-0.3, -0.25) is 14.5 Å². The topological polar surface area (TPSA) is 61.9 Å². The van der Waals surface area contributed by atoms with Crippen LogP contribution in [0.2, 0.25) is 0 Å². The lowest BCUT2D eigenvalue weighted by Gasteiger charge is -2.35. The van der Waals surface area contributed by atoms with Crippen LogP contribution in [0.5, 0.6) is 5.75 Å². The van der Waals surface area contributed by atoms with E-state index in [1.165, 1.54) is 24.3 Å². The fraction of sp³-hybridized carbons (Fsp3) is 0.364. The predicted octanol–water partition coefficient (Wildman–Crippen LogP) is 2.68. The number of hydrogen-bond donors (Lipinski definition) is 1. The molecular formula is C22H26FN3O3. The minimum atomic E-state index is -0.565. The van der Waals surface area contributed by atoms with Gasteiger partial charge in [0.05, 0.1) is 6.54 Å². The fourth-order valence-electron chi connectivity index (χ4n) is 3.26. The maximum atomic E-state index is 12.9. The number of nitrogens with one attached hydrogen (secondary N) is 1. The first-order valence-electron chi connectivity index (χ1n) is 9.70. The Morgan fingerprint density at radius 2 is 1.79 bits per heavy atom. The van der Waals surface area contributed by atoms with Gasteiger partial charge < -0.3 is 15.0 Å². The van der Waals surface area contributed by atoms with Gasteiger partial charge >= 0.3 is 0 Å². The Morgan fingerprint density at radius 3 is 2.45 bits per heavy atom. The molecule has 1 aliphatic rings. The van der Waals surface area contributed by atoms with Crippen LogP contribution in [0.25, 0.3) is 0 Å². The molecule has 1 N–H and O–H groups in total. The molecule has 1 fully saturated rings. The molecule has 154 valence electrons. The second kappa shape index (κ2) is 9.52. The van der Waals surface area contributed by atoms with Gasteiger partial charge in [0, 0.05) is 31.9 Å². The molecule has 1 saturated heterocycles. The number of rotatable bonds is 6. The largest absolute Gasteiger partial charge is 0.481 e. The molecule has 29 heavy (non-hydrogen) atoms. The Bertz CT molecular complexity index is 849. The van der Waals surface area contributed by atoms with Gasteiger partial charge in [-0.05, 0) is 55.8 Å². The lowest BCUT2D eigenvalue weighted by atomic mass is 10.2. The van der Waals surface area contributed by atoms with Crippen LogP contribution in [0, 0.1) is 12.7 Å². The smallest absolute Gasteiger partial charge is 0.263 e. The molecule has 1 heterocycles. The highest BCUT2D eigenvalue weighted by molar-refractivity contribution is 5.92. The molecule has 0 saturated carbocycles. The SMILES string of the molecule is Cc1cccc(O[C@@H](C)C(=O)N2CCN(CC(=O)Nc3ccc(F)cc3)CC2)c1. The molecule has 0 aromatic heterocycles. The monoisotopic (exact) mass is 399 g/mol. The third-order valence-corrected chi connectivity index (χ3v) is 4.83. The summed E-state index contributed by atoms with van der Waals surface area (Å²) in [7, 11) is 0. The molecule has 0 radical (unpaired) electrons. The summed E-state index contributed by atoms with van der Waals surface area (Å²) in [5, 5.41) is 2.75. The Labute approximate surface area is 170 Å². The van der Waals surface area contributed by atoms with Crippen molar-refractivity contribution in [3.8, 4) is 5.75 Å². The highest BCUT2D eigenvalue weighted by atomic mass is 19.1. The van der Waals surface area contributed by atoms with E-state index in [2.05, 4.69) is 5.32 Å². The first-order chi connectivity index (χ1) is 13.9. The Hall–Kier alpha value is -2.93. The molecule has 7 heteroatoms. The lowest BCUT2D eigenvalue weighted by molar-refractivity contribution is -0.139. The van der Waals surface area contributed by atoms with E-state index < -0.39 is 6.10 Å². The van der Waals surface area contributed by atoms with Crippen molar-refractivity contribution >= 4 is 17.5 Å². The Balaban J connectivity index is 1.43. The van der Waals surface area contributed by atoms with Crippen molar-refractivity contribution in [3.63, 3.8) is 0 Å². The standard InChI is InChI=1S/C22H26FN3O3/c1-16-4-3-5-20(14-16)29-17(2)22(28)26-12-10-25(11-13-26)15-21(27)24-19-8-6-18(23)7-9-19/h3-9,14,17H,10-13,15H2,1-2H3,(H,24,27)/t17-/m0/s1. The Kier molecular flexibility index (Phi) is 6.82. The first kappa shape index (κ1) is 20.8. The summed E-state index contributed by atoms with van der Waals surface area (Å²) in [5.41, 5.74) is 1.64. The van der Waals surface area contributed by atoms with Crippen molar-refractivity contribution in [1.29, 1.82) is 0 Å². The second-order valence-electron chi connectivity index (χ2n) is 7.23. The van der Waals surface area contributed by atoms with Gasteiger partial charge in [0.2, 0.25) is 5.91 Å². The molecule has 6 nitrogen and oxygen atoms in total. The number of anilines is 1. The molecule has 0 bridgehead atoms. The van der Waals surface area contributed by atoms with E-state index >= 15 is 0 Å². The van der Waals surface area contributed by atoms with E-state index in [-0.39, 0.29) is 24.2 Å². The van der Waals surface area contributed by atoms with E-state index in [4.69, 9.17) is 4.74 Å². The highest BCUT2D eigenvalue weighted by Crippen LogP contribution is 2.16. The summed E-state index contributed by atoms with van der Waals surface area (Å²) in [4.78, 5) is 28.6. The minimum absolute atomic E-state index is 0.0538. The zero-order valence-corrected chi connectivity index (χ0v) is 16.7. The number of aryl methyl sites for hydroxylation is 1. The number of carbonyl (C=O) groups is 2. The lowest BCUT2D eigenvalue weighted by Crippen LogP contribution is -2.53. The predicted molar refractivity (Wildman–Crippen MR) is 109 cm³/mol. The number of amides is 2. The molecular weight excluding hydrogens is 373 g/mol. The number of hydrogen-bond acceptors (Lipinski definition) is 4. The van der Waals surface area contributed by atoms with Gasteiger partial charge in [0.1, 0.15) is 11.6 Å². The third-order valence-electron chi connectivity index (χ3n) is 4.83. The van der Waals surface area contributed by atoms with Gasteiger partial charge in [-0.25, -0.2) is 4.39 Å². The van der Waals surface area contributed by atoms with Crippen molar-refractivity contribution in [2.24, 2.45) is 0 Å². The zero-order valence-electron chi connectivity index (χ0n) is 16.7. The fourth-order valence-corrected chi connectivity index (χ4v) is 3.26. The van der Waals surface area contributed by atoms with Crippen molar-refractivity contribution in [1.82, 2.24) is 9.80 Å². The number of ether oxygens (including phenoxy) is 1. The molecule has 1 atom stereocenters. The summed E-state index contributed by atoms with van der Waals surface area (Å²) in [6, 6.07) is 13.3. The third kappa shape index (κ3) is 6.02. The number of benzene rings is 2. The maximum Gasteiger partial charge on any atom is 0.263 e. The van der Waals surface area contributed by atoms with Crippen molar-refractivity contribution in [3.05, 3.63) is 59.9 Å². The first-order valence-corrected chi connectivity index (χ1v) is 9.70. The van der Waals surface area contributed by atoms with Gasteiger partial charge in [-0.1, -0.05) is 12.1 Å². The van der Waals surface area contributed by atoms with Crippen LogP contribution in [-0.4, -0.2) is 60.4 Å². The van der Waals surface area contributed by atoms with Crippen LogP contribution < -0.4 is 10.1 Å². The van der Waals surface area contributed by atoms with Gasteiger partial charge in [-0.2, -0.15) is 0 Å². The highest BCUT2D eigenvalue weighted by Gasteiger charge is 2.26. The van der Waals surface area contributed by atoms with Crippen LogP contribution in [-0.2, 0) is 9.59 Å². The second-order valence-corrected chi connectivity index (χ2v) is 7.23. The molecule has 0 unspecified atom stereocenters. The van der Waals surface area contributed by atoms with Crippen LogP contribution in [0.1, 0.15) is 12.5 Å². The summed E-state index contributed by atoms with van der Waals surface area (Å²) in [6.45, 7) is 6.28. The minimum Gasteiger partial charge on any atom is -0.481 e. The summed E-state index contributed by atoms with van der Waals surface area (Å²) >= 11 is 0. The van der Waals surface area contributed by atoms with E-state index in [1.807, 2.05) is 36.1 Å². The summed E-state index contributed by atoms with van der Waals surface area (Å²) in [6.07, 6.45) is -0.565. The summed E-state index contributed by atoms with van der Waals surface area (Å²) < 4.78 is 18.7. The average molecular weight is 399 g/mol. The van der Waals surface area contributed by atoms with Crippen molar-refractivity contribution < 1.29 is 18.7 Å². The van der Waals surface area contributed by atoms with E-state index in [9.17, 15) is 14.0 Å². The number of nitrogens with zero attached hydrogens (tertiary/aromatic N) is 2. The van der Waals surface area contributed by atoms with E-state index in [0.29, 0.717) is 37.6 Å². The molecule has 2 aromatic carbocycles. The van der Waals surface area contributed by atoms with Gasteiger partial charge in [-0.15, -0.1) is 0 Å². The Morgan fingerprint density at radius 1 is 1.10 bits per heavy atom. The zero-order chi connectivity index (χ0) is 20.8. The van der Waals surface area contributed by atoms with Crippen molar-refractivity contribution in [2.45, 2.75) is 20.0 Å². The van der Waals surface area contributed by atoms with Crippen molar-refractivity contribution in [2.75, 3.05) is 38.0 Å². The van der Waals surface area contributed by atoms with Crippen LogP contribution in [0.4, 0.5) is 10.1 Å². The van der Waals surface area contributed by atoms with Gasteiger partial charge in [0.25, 0.3) is 5.91 Å². The quantitative estimate of drug-likeness (QED) is 0.811. The van der Waals surface area contributed by atoms with E-state index in [0.717, 1.165) is 5.56 Å². The van der Waals surface area contributed by atoms with Crippen LogP contribution in [0.15, 0.2) is 48.5 Å². The number of piperazine rings is 1. The summed E-state index contributed by atoms with van der Waals surface area (Å²) in [5.74, 6) is 0.126. The molecule has 1 aliphatic heterocycles. The number of carbonyl (C=O) groups excluding carboxylic acids is 2. The molecule has 3 rings (SSSR count). The molecule has 0 aliphatic carbocycles. The maximum absolute atomic E-state index is 12.9. The average Bonchev–Trinajstić information content (AvgIpc) is 2.70. The van der Waals surface area contributed by atoms with Crippen LogP contribution >= 0.6 is 0 Å². The number of halogens is 1. The molecule has 2 amide bonds. The normalized spacial score (nSPS) is 15.6. The molecule has 2 aromatic rings. The van der Waals surface area contributed by atoms with E-state index in [1.54, 1.807) is 11.8 Å². The van der Waals surface area contributed by atoms with Crippen LogP contribution in [0.3, 0.4) is 0 Å². The molecule has 0 spiro atoms.